The first-order valence-electron chi connectivity index (χ1n) is 4.69. The fourth-order valence-electron chi connectivity index (χ4n) is 1.65. The molecule has 5 heteroatoms. The van der Waals surface area contributed by atoms with Crippen LogP contribution in [-0.4, -0.2) is 5.24 Å². The quantitative estimate of drug-likeness (QED) is 0.699. The van der Waals surface area contributed by atoms with Crippen LogP contribution in [0.5, 0.6) is 0 Å². The number of halogens is 4. The Balaban J connectivity index is 2.72. The van der Waals surface area contributed by atoms with Gasteiger partial charge in [-0.3, -0.25) is 4.79 Å². The Kier molecular flexibility index (Phi) is 2.83. The molecule has 0 aromatic heterocycles. The van der Waals surface area contributed by atoms with E-state index in [-0.39, 0.29) is 10.9 Å². The summed E-state index contributed by atoms with van der Waals surface area (Å²) in [5.74, 6) is 0. The molecule has 0 spiro atoms. The Labute approximate surface area is 99.8 Å². The summed E-state index contributed by atoms with van der Waals surface area (Å²) in [6, 6.07) is 7.70. The third-order valence-electron chi connectivity index (χ3n) is 2.41. The van der Waals surface area contributed by atoms with E-state index in [1.165, 1.54) is 30.3 Å². The van der Waals surface area contributed by atoms with Crippen LogP contribution in [0.4, 0.5) is 13.2 Å². The highest BCUT2D eigenvalue weighted by atomic mass is 35.5. The van der Waals surface area contributed by atoms with E-state index < -0.39 is 17.0 Å². The SMILES string of the molecule is O=C(Cl)c1ccc2c(C(F)(F)F)cccc2c1. The van der Waals surface area contributed by atoms with Gasteiger partial charge in [-0.25, -0.2) is 0 Å². The lowest BCUT2D eigenvalue weighted by Gasteiger charge is -2.10. The van der Waals surface area contributed by atoms with Gasteiger partial charge in [-0.05, 0) is 40.6 Å². The third-order valence-corrected chi connectivity index (χ3v) is 2.63. The van der Waals surface area contributed by atoms with Gasteiger partial charge >= 0.3 is 6.18 Å². The minimum absolute atomic E-state index is 0.0571. The van der Waals surface area contributed by atoms with Gasteiger partial charge in [-0.1, -0.05) is 18.2 Å². The van der Waals surface area contributed by atoms with Gasteiger partial charge in [0.2, 0.25) is 0 Å². The number of alkyl halides is 3. The summed E-state index contributed by atoms with van der Waals surface area (Å²) < 4.78 is 38.1. The Bertz CT molecular complexity index is 590. The van der Waals surface area contributed by atoms with E-state index in [4.69, 9.17) is 11.6 Å². The fourth-order valence-corrected chi connectivity index (χ4v) is 1.77. The van der Waals surface area contributed by atoms with Gasteiger partial charge in [0.25, 0.3) is 5.24 Å². The first-order chi connectivity index (χ1) is 7.89. The smallest absolute Gasteiger partial charge is 0.276 e. The number of fused-ring (bicyclic) bond motifs is 1. The molecule has 88 valence electrons. The molecule has 2 rings (SSSR count). The zero-order chi connectivity index (χ0) is 12.6. The summed E-state index contributed by atoms with van der Waals surface area (Å²) in [4.78, 5) is 10.9. The Morgan fingerprint density at radius 1 is 1.12 bits per heavy atom. The average Bonchev–Trinajstić information content (AvgIpc) is 2.26. The molecule has 0 amide bonds. The molecular formula is C12H6ClF3O. The minimum Gasteiger partial charge on any atom is -0.276 e. The summed E-state index contributed by atoms with van der Waals surface area (Å²) in [5.41, 5.74) is -0.540. The van der Waals surface area contributed by atoms with Crippen molar-refractivity contribution in [3.05, 3.63) is 47.5 Å². The minimum atomic E-state index is -4.41. The molecule has 0 aliphatic heterocycles. The number of carbonyl (C=O) groups excluding carboxylic acids is 1. The first-order valence-corrected chi connectivity index (χ1v) is 5.07. The van der Waals surface area contributed by atoms with Crippen molar-refractivity contribution in [1.29, 1.82) is 0 Å². The molecule has 0 atom stereocenters. The van der Waals surface area contributed by atoms with Crippen LogP contribution in [0.1, 0.15) is 15.9 Å². The molecule has 2 aromatic rings. The van der Waals surface area contributed by atoms with Crippen LogP contribution in [-0.2, 0) is 6.18 Å². The topological polar surface area (TPSA) is 17.1 Å². The largest absolute Gasteiger partial charge is 0.417 e. The van der Waals surface area contributed by atoms with Crippen LogP contribution in [0, 0.1) is 0 Å². The van der Waals surface area contributed by atoms with E-state index >= 15 is 0 Å². The number of hydrogen-bond donors (Lipinski definition) is 0. The maximum absolute atomic E-state index is 12.7. The summed E-state index contributed by atoms with van der Waals surface area (Å²) >= 11 is 5.27. The lowest BCUT2D eigenvalue weighted by Crippen LogP contribution is -2.05. The van der Waals surface area contributed by atoms with Crippen LogP contribution >= 0.6 is 11.6 Å². The van der Waals surface area contributed by atoms with Crippen LogP contribution in [0.15, 0.2) is 36.4 Å². The Morgan fingerprint density at radius 2 is 1.82 bits per heavy atom. The second-order valence-electron chi connectivity index (χ2n) is 3.51. The van der Waals surface area contributed by atoms with Crippen LogP contribution in [0.25, 0.3) is 10.8 Å². The van der Waals surface area contributed by atoms with Crippen LogP contribution in [0.3, 0.4) is 0 Å². The number of hydrogen-bond acceptors (Lipinski definition) is 1. The summed E-state index contributed by atoms with van der Waals surface area (Å²) in [5, 5.41) is -0.294. The predicted octanol–water partition coefficient (Wildman–Crippen LogP) is 4.24. The molecule has 0 radical (unpaired) electrons. The molecule has 0 bridgehead atoms. The van der Waals surface area contributed by atoms with Gasteiger partial charge < -0.3 is 0 Å². The molecule has 0 saturated carbocycles. The van der Waals surface area contributed by atoms with Crippen molar-refractivity contribution in [3.63, 3.8) is 0 Å². The van der Waals surface area contributed by atoms with Crippen LogP contribution in [0.2, 0.25) is 0 Å². The molecule has 1 nitrogen and oxygen atoms in total. The monoisotopic (exact) mass is 258 g/mol. The van der Waals surface area contributed by atoms with Crippen LogP contribution < -0.4 is 0 Å². The van der Waals surface area contributed by atoms with Crippen molar-refractivity contribution in [2.24, 2.45) is 0 Å². The zero-order valence-electron chi connectivity index (χ0n) is 8.38. The average molecular weight is 259 g/mol. The second-order valence-corrected chi connectivity index (χ2v) is 3.86. The zero-order valence-corrected chi connectivity index (χ0v) is 9.14. The Hall–Kier alpha value is -1.55. The van der Waals surface area contributed by atoms with E-state index in [1.807, 2.05) is 0 Å². The fraction of sp³-hybridized carbons (Fsp3) is 0.0833. The standard InChI is InChI=1S/C12H6ClF3O/c13-11(17)8-4-5-9-7(6-8)2-1-3-10(9)12(14,15)16/h1-6H. The third kappa shape index (κ3) is 2.26. The highest BCUT2D eigenvalue weighted by molar-refractivity contribution is 6.67. The molecule has 0 saturated heterocycles. The summed E-state index contributed by atoms with van der Waals surface area (Å²) in [7, 11) is 0. The highest BCUT2D eigenvalue weighted by Crippen LogP contribution is 2.34. The molecular weight excluding hydrogens is 253 g/mol. The predicted molar refractivity (Wildman–Crippen MR) is 59.1 cm³/mol. The number of benzene rings is 2. The van der Waals surface area contributed by atoms with Gasteiger partial charge in [0, 0.05) is 5.56 Å². The lowest BCUT2D eigenvalue weighted by atomic mass is 10.0. The van der Waals surface area contributed by atoms with E-state index in [1.54, 1.807) is 0 Å². The maximum Gasteiger partial charge on any atom is 0.417 e. The highest BCUT2D eigenvalue weighted by Gasteiger charge is 2.32. The van der Waals surface area contributed by atoms with Crippen molar-refractivity contribution in [2.45, 2.75) is 6.18 Å². The molecule has 0 N–H and O–H groups in total. The molecule has 17 heavy (non-hydrogen) atoms. The first kappa shape index (κ1) is 11.9. The molecule has 0 unspecified atom stereocenters. The molecule has 0 aliphatic rings. The number of rotatable bonds is 1. The van der Waals surface area contributed by atoms with Gasteiger partial charge in [-0.2, -0.15) is 13.2 Å². The van der Waals surface area contributed by atoms with Crippen molar-refractivity contribution < 1.29 is 18.0 Å². The van der Waals surface area contributed by atoms with Gasteiger partial charge in [-0.15, -0.1) is 0 Å². The van der Waals surface area contributed by atoms with Crippen molar-refractivity contribution in [2.75, 3.05) is 0 Å². The van der Waals surface area contributed by atoms with Crippen molar-refractivity contribution in [1.82, 2.24) is 0 Å². The van der Waals surface area contributed by atoms with Gasteiger partial charge in [0.1, 0.15) is 0 Å². The van der Waals surface area contributed by atoms with Gasteiger partial charge in [0.15, 0.2) is 0 Å². The molecule has 2 aromatic carbocycles. The summed E-state index contributed by atoms with van der Waals surface area (Å²) in [6.07, 6.45) is -4.41. The van der Waals surface area contributed by atoms with E-state index in [0.29, 0.717) is 5.39 Å². The molecule has 0 aliphatic carbocycles. The lowest BCUT2D eigenvalue weighted by molar-refractivity contribution is -0.136. The maximum atomic E-state index is 12.7. The van der Waals surface area contributed by atoms with Gasteiger partial charge in [0.05, 0.1) is 5.56 Å². The number of carbonyl (C=O) groups is 1. The molecule has 0 fully saturated rings. The normalized spacial score (nSPS) is 11.8. The summed E-state index contributed by atoms with van der Waals surface area (Å²) in [6.45, 7) is 0. The Morgan fingerprint density at radius 3 is 2.41 bits per heavy atom. The molecule has 0 heterocycles. The van der Waals surface area contributed by atoms with Crippen molar-refractivity contribution in [3.8, 4) is 0 Å². The van der Waals surface area contributed by atoms with E-state index in [9.17, 15) is 18.0 Å². The van der Waals surface area contributed by atoms with Crippen molar-refractivity contribution >= 4 is 27.6 Å². The van der Waals surface area contributed by atoms with E-state index in [2.05, 4.69) is 0 Å². The van der Waals surface area contributed by atoms with E-state index in [0.717, 1.165) is 6.07 Å². The second kappa shape index (κ2) is 4.04.